The summed E-state index contributed by atoms with van der Waals surface area (Å²) >= 11 is 0. The molecular weight excluding hydrogens is 266 g/mol. The summed E-state index contributed by atoms with van der Waals surface area (Å²) in [5.74, 6) is -1.44. The molecule has 1 N–H and O–H groups in total. The van der Waals surface area contributed by atoms with Crippen LogP contribution >= 0.6 is 0 Å². The Morgan fingerprint density at radius 1 is 1.33 bits per heavy atom. The van der Waals surface area contributed by atoms with Crippen LogP contribution in [0.3, 0.4) is 0 Å². The molecule has 1 aromatic carbocycles. The maximum absolute atomic E-state index is 12.8. The smallest absolute Gasteiger partial charge is 0.308 e. The summed E-state index contributed by atoms with van der Waals surface area (Å²) in [4.78, 5) is 25.7. The largest absolute Gasteiger partial charge is 0.481 e. The molecular formula is C17H23NO3. The second-order valence-corrected chi connectivity index (χ2v) is 6.00. The number of carboxylic acid groups (broad SMARTS) is 1. The third kappa shape index (κ3) is 3.84. The number of aryl methyl sites for hydroxylation is 1. The van der Waals surface area contributed by atoms with Crippen LogP contribution in [-0.4, -0.2) is 34.5 Å². The molecule has 0 spiro atoms. The Labute approximate surface area is 125 Å². The summed E-state index contributed by atoms with van der Waals surface area (Å²) in [6.07, 6.45) is 4.18. The molecule has 21 heavy (non-hydrogen) atoms. The SMILES string of the molecule is Cc1cccc(C(=O)N(CC(C)C(=O)O)C2CCCC2)c1. The van der Waals surface area contributed by atoms with Crippen LogP contribution in [0.1, 0.15) is 48.5 Å². The summed E-state index contributed by atoms with van der Waals surface area (Å²) in [7, 11) is 0. The molecule has 1 aliphatic carbocycles. The van der Waals surface area contributed by atoms with Gasteiger partial charge in [-0.15, -0.1) is 0 Å². The van der Waals surface area contributed by atoms with Crippen molar-refractivity contribution < 1.29 is 14.7 Å². The maximum Gasteiger partial charge on any atom is 0.308 e. The van der Waals surface area contributed by atoms with Crippen LogP contribution in [0.15, 0.2) is 24.3 Å². The van der Waals surface area contributed by atoms with Crippen molar-refractivity contribution >= 4 is 11.9 Å². The van der Waals surface area contributed by atoms with Crippen LogP contribution in [0.4, 0.5) is 0 Å². The Hall–Kier alpha value is -1.84. The lowest BCUT2D eigenvalue weighted by atomic mass is 10.1. The highest BCUT2D eigenvalue weighted by molar-refractivity contribution is 5.94. The number of carbonyl (C=O) groups excluding carboxylic acids is 1. The third-order valence-corrected chi connectivity index (χ3v) is 4.18. The second kappa shape index (κ2) is 6.74. The van der Waals surface area contributed by atoms with Gasteiger partial charge in [0.05, 0.1) is 5.92 Å². The molecule has 1 unspecified atom stereocenters. The van der Waals surface area contributed by atoms with Gasteiger partial charge in [-0.25, -0.2) is 0 Å². The first-order chi connectivity index (χ1) is 9.99. The second-order valence-electron chi connectivity index (χ2n) is 6.00. The first-order valence-electron chi connectivity index (χ1n) is 7.59. The topological polar surface area (TPSA) is 57.6 Å². The van der Waals surface area contributed by atoms with Gasteiger partial charge in [0.2, 0.25) is 0 Å². The Morgan fingerprint density at radius 2 is 2.00 bits per heavy atom. The normalized spacial score (nSPS) is 16.7. The fraction of sp³-hybridized carbons (Fsp3) is 0.529. The molecule has 0 saturated heterocycles. The Bertz CT molecular complexity index is 521. The average molecular weight is 289 g/mol. The highest BCUT2D eigenvalue weighted by atomic mass is 16.4. The number of carbonyl (C=O) groups is 2. The van der Waals surface area contributed by atoms with E-state index < -0.39 is 11.9 Å². The Balaban J connectivity index is 2.21. The van der Waals surface area contributed by atoms with E-state index in [1.54, 1.807) is 11.8 Å². The number of hydrogen-bond donors (Lipinski definition) is 1. The van der Waals surface area contributed by atoms with Gasteiger partial charge in [0.25, 0.3) is 5.91 Å². The van der Waals surface area contributed by atoms with Crippen molar-refractivity contribution in [1.29, 1.82) is 0 Å². The van der Waals surface area contributed by atoms with Crippen LogP contribution in [0.25, 0.3) is 0 Å². The van der Waals surface area contributed by atoms with E-state index in [4.69, 9.17) is 5.11 Å². The summed E-state index contributed by atoms with van der Waals surface area (Å²) in [5, 5.41) is 9.13. The van der Waals surface area contributed by atoms with Crippen molar-refractivity contribution in [3.8, 4) is 0 Å². The van der Waals surface area contributed by atoms with Gasteiger partial charge in [-0.05, 0) is 31.9 Å². The molecule has 0 radical (unpaired) electrons. The molecule has 4 heteroatoms. The van der Waals surface area contributed by atoms with E-state index in [1.807, 2.05) is 31.2 Å². The summed E-state index contributed by atoms with van der Waals surface area (Å²) in [6.45, 7) is 3.90. The number of nitrogens with zero attached hydrogens (tertiary/aromatic N) is 1. The predicted molar refractivity (Wildman–Crippen MR) is 81.3 cm³/mol. The molecule has 0 aliphatic heterocycles. The van der Waals surface area contributed by atoms with Gasteiger partial charge in [-0.1, -0.05) is 37.5 Å². The molecule has 2 rings (SSSR count). The highest BCUT2D eigenvalue weighted by Crippen LogP contribution is 2.26. The van der Waals surface area contributed by atoms with Crippen molar-refractivity contribution in [3.63, 3.8) is 0 Å². The van der Waals surface area contributed by atoms with E-state index >= 15 is 0 Å². The summed E-state index contributed by atoms with van der Waals surface area (Å²) in [6, 6.07) is 7.69. The number of carboxylic acids is 1. The maximum atomic E-state index is 12.8. The summed E-state index contributed by atoms with van der Waals surface area (Å²) < 4.78 is 0. The van der Waals surface area contributed by atoms with Crippen molar-refractivity contribution in [1.82, 2.24) is 4.90 Å². The Kier molecular flexibility index (Phi) is 4.99. The van der Waals surface area contributed by atoms with Gasteiger partial charge in [0.15, 0.2) is 0 Å². The fourth-order valence-electron chi connectivity index (χ4n) is 2.93. The first-order valence-corrected chi connectivity index (χ1v) is 7.59. The molecule has 0 bridgehead atoms. The quantitative estimate of drug-likeness (QED) is 0.906. The van der Waals surface area contributed by atoms with Gasteiger partial charge < -0.3 is 10.0 Å². The molecule has 0 heterocycles. The van der Waals surface area contributed by atoms with E-state index in [-0.39, 0.29) is 18.5 Å². The van der Waals surface area contributed by atoms with E-state index in [9.17, 15) is 9.59 Å². The van der Waals surface area contributed by atoms with Crippen LogP contribution in [0, 0.1) is 12.8 Å². The van der Waals surface area contributed by atoms with Crippen LogP contribution < -0.4 is 0 Å². The average Bonchev–Trinajstić information content (AvgIpc) is 2.97. The number of amides is 1. The third-order valence-electron chi connectivity index (χ3n) is 4.18. The summed E-state index contributed by atoms with van der Waals surface area (Å²) in [5.41, 5.74) is 1.69. The molecule has 1 amide bonds. The van der Waals surface area contributed by atoms with Gasteiger partial charge in [0.1, 0.15) is 0 Å². The van der Waals surface area contributed by atoms with Gasteiger partial charge in [-0.2, -0.15) is 0 Å². The molecule has 1 aliphatic rings. The number of benzene rings is 1. The predicted octanol–water partition coefficient (Wildman–Crippen LogP) is 3.10. The standard InChI is InChI=1S/C17H23NO3/c1-12-6-5-7-14(10-12)16(19)18(11-13(2)17(20)21)15-8-3-4-9-15/h5-7,10,13,15H,3-4,8-9,11H2,1-2H3,(H,20,21). The lowest BCUT2D eigenvalue weighted by Gasteiger charge is -2.30. The zero-order valence-electron chi connectivity index (χ0n) is 12.7. The molecule has 1 fully saturated rings. The van der Waals surface area contributed by atoms with Gasteiger partial charge in [0, 0.05) is 18.2 Å². The van der Waals surface area contributed by atoms with Crippen molar-refractivity contribution in [2.45, 2.75) is 45.6 Å². The lowest BCUT2D eigenvalue weighted by molar-refractivity contribution is -0.141. The fourth-order valence-corrected chi connectivity index (χ4v) is 2.93. The molecule has 0 aromatic heterocycles. The van der Waals surface area contributed by atoms with Crippen molar-refractivity contribution in [3.05, 3.63) is 35.4 Å². The molecule has 1 saturated carbocycles. The van der Waals surface area contributed by atoms with Crippen LogP contribution in [0.2, 0.25) is 0 Å². The number of aliphatic carboxylic acids is 1. The van der Waals surface area contributed by atoms with Gasteiger partial charge >= 0.3 is 5.97 Å². The van der Waals surface area contributed by atoms with Gasteiger partial charge in [-0.3, -0.25) is 9.59 Å². The van der Waals surface area contributed by atoms with Crippen LogP contribution in [-0.2, 0) is 4.79 Å². The number of hydrogen-bond acceptors (Lipinski definition) is 2. The number of rotatable bonds is 5. The molecule has 1 atom stereocenters. The molecule has 1 aromatic rings. The van der Waals surface area contributed by atoms with E-state index in [0.717, 1.165) is 31.2 Å². The minimum Gasteiger partial charge on any atom is -0.481 e. The van der Waals surface area contributed by atoms with Crippen molar-refractivity contribution in [2.24, 2.45) is 5.92 Å². The lowest BCUT2D eigenvalue weighted by Crippen LogP contribution is -2.43. The zero-order valence-corrected chi connectivity index (χ0v) is 12.7. The monoisotopic (exact) mass is 289 g/mol. The van der Waals surface area contributed by atoms with Crippen molar-refractivity contribution in [2.75, 3.05) is 6.54 Å². The molecule has 4 nitrogen and oxygen atoms in total. The Morgan fingerprint density at radius 3 is 2.57 bits per heavy atom. The zero-order chi connectivity index (χ0) is 15.4. The minimum absolute atomic E-state index is 0.0429. The van der Waals surface area contributed by atoms with E-state index in [2.05, 4.69) is 0 Å². The van der Waals surface area contributed by atoms with E-state index in [1.165, 1.54) is 0 Å². The van der Waals surface area contributed by atoms with E-state index in [0.29, 0.717) is 5.56 Å². The van der Waals surface area contributed by atoms with Crippen LogP contribution in [0.5, 0.6) is 0 Å². The highest BCUT2D eigenvalue weighted by Gasteiger charge is 2.30. The molecule has 114 valence electrons. The minimum atomic E-state index is -0.852. The first kappa shape index (κ1) is 15.5.